The molecule has 3 aromatic rings. The highest BCUT2D eigenvalue weighted by molar-refractivity contribution is 7.89. The second-order valence-corrected chi connectivity index (χ2v) is 9.88. The first kappa shape index (κ1) is 24.4. The molecule has 35 heavy (non-hydrogen) atoms. The molecular weight excluding hydrogens is 470 g/mol. The first-order valence-electron chi connectivity index (χ1n) is 11.0. The molecule has 11 heteroatoms. The SMILES string of the molecule is COc1ccc(-c2ccc(N3CCN(S(=O)(=O)c4ccc(NC(C)=O)cc4)CC3)nn2)cc1OC. The molecule has 0 bridgehead atoms. The Morgan fingerprint density at radius 1 is 0.886 bits per heavy atom. The number of hydrogen-bond acceptors (Lipinski definition) is 8. The molecule has 1 aromatic heterocycles. The molecule has 0 saturated carbocycles. The highest BCUT2D eigenvalue weighted by atomic mass is 32.2. The van der Waals surface area contributed by atoms with Crippen molar-refractivity contribution < 1.29 is 22.7 Å². The molecule has 0 aliphatic carbocycles. The molecule has 1 N–H and O–H groups in total. The van der Waals surface area contributed by atoms with Gasteiger partial charge in [-0.2, -0.15) is 4.31 Å². The van der Waals surface area contributed by atoms with E-state index in [0.29, 0.717) is 54.9 Å². The molecule has 10 nitrogen and oxygen atoms in total. The minimum Gasteiger partial charge on any atom is -0.493 e. The number of nitrogens with one attached hydrogen (secondary N) is 1. The Hall–Kier alpha value is -3.70. The molecule has 4 rings (SSSR count). The molecule has 1 fully saturated rings. The van der Waals surface area contributed by atoms with Crippen molar-refractivity contribution in [2.24, 2.45) is 0 Å². The van der Waals surface area contributed by atoms with Gasteiger partial charge in [0.25, 0.3) is 0 Å². The molecule has 184 valence electrons. The van der Waals surface area contributed by atoms with Crippen LogP contribution in [0.15, 0.2) is 59.5 Å². The second kappa shape index (κ2) is 10.3. The lowest BCUT2D eigenvalue weighted by Crippen LogP contribution is -2.49. The van der Waals surface area contributed by atoms with E-state index in [1.165, 1.54) is 23.4 Å². The maximum atomic E-state index is 13.0. The fourth-order valence-electron chi connectivity index (χ4n) is 3.86. The standard InChI is InChI=1S/C24H27N5O5S/c1-17(30)25-19-5-7-20(8-6-19)35(31,32)29-14-12-28(13-15-29)24-11-9-21(26-27-24)18-4-10-22(33-2)23(16-18)34-3/h4-11,16H,12-15H2,1-3H3,(H,25,30). The number of aromatic nitrogens is 2. The van der Waals surface area contributed by atoms with E-state index >= 15 is 0 Å². The largest absolute Gasteiger partial charge is 0.493 e. The van der Waals surface area contributed by atoms with Gasteiger partial charge in [0, 0.05) is 44.4 Å². The molecule has 2 heterocycles. The van der Waals surface area contributed by atoms with Gasteiger partial charge in [0.05, 0.1) is 24.8 Å². The summed E-state index contributed by atoms with van der Waals surface area (Å²) in [5, 5.41) is 11.3. The van der Waals surface area contributed by atoms with E-state index in [-0.39, 0.29) is 10.8 Å². The third-order valence-electron chi connectivity index (χ3n) is 5.70. The van der Waals surface area contributed by atoms with Crippen LogP contribution >= 0.6 is 0 Å². The van der Waals surface area contributed by atoms with Gasteiger partial charge in [0.1, 0.15) is 0 Å². The van der Waals surface area contributed by atoms with Crippen molar-refractivity contribution in [1.29, 1.82) is 0 Å². The van der Waals surface area contributed by atoms with Gasteiger partial charge in [-0.15, -0.1) is 10.2 Å². The number of ether oxygens (including phenoxy) is 2. The molecule has 0 atom stereocenters. The third kappa shape index (κ3) is 5.36. The lowest BCUT2D eigenvalue weighted by Gasteiger charge is -2.34. The average Bonchev–Trinajstić information content (AvgIpc) is 2.88. The topological polar surface area (TPSA) is 114 Å². The molecule has 1 aliphatic rings. The summed E-state index contributed by atoms with van der Waals surface area (Å²) < 4.78 is 38.2. The van der Waals surface area contributed by atoms with Crippen LogP contribution < -0.4 is 19.7 Å². The van der Waals surface area contributed by atoms with Crippen molar-refractivity contribution >= 4 is 27.4 Å². The number of carbonyl (C=O) groups is 1. The molecule has 1 amide bonds. The van der Waals surface area contributed by atoms with Gasteiger partial charge in [-0.3, -0.25) is 4.79 Å². The van der Waals surface area contributed by atoms with Gasteiger partial charge >= 0.3 is 0 Å². The van der Waals surface area contributed by atoms with E-state index < -0.39 is 10.0 Å². The number of amides is 1. The fourth-order valence-corrected chi connectivity index (χ4v) is 5.29. The van der Waals surface area contributed by atoms with Gasteiger partial charge in [-0.05, 0) is 54.6 Å². The maximum absolute atomic E-state index is 13.0. The van der Waals surface area contributed by atoms with E-state index in [9.17, 15) is 13.2 Å². The van der Waals surface area contributed by atoms with Gasteiger partial charge in [-0.25, -0.2) is 8.42 Å². The van der Waals surface area contributed by atoms with E-state index in [4.69, 9.17) is 9.47 Å². The molecule has 2 aromatic carbocycles. The van der Waals surface area contributed by atoms with Crippen molar-refractivity contribution in [2.45, 2.75) is 11.8 Å². The fraction of sp³-hybridized carbons (Fsp3) is 0.292. The minimum atomic E-state index is -3.63. The molecule has 1 saturated heterocycles. The summed E-state index contributed by atoms with van der Waals surface area (Å²) in [5.74, 6) is 1.72. The van der Waals surface area contributed by atoms with Crippen LogP contribution in [-0.2, 0) is 14.8 Å². The summed E-state index contributed by atoms with van der Waals surface area (Å²) in [6.45, 7) is 3.04. The van der Waals surface area contributed by atoms with Crippen LogP contribution in [-0.4, -0.2) is 69.2 Å². The normalized spacial score (nSPS) is 14.4. The van der Waals surface area contributed by atoms with Crippen molar-refractivity contribution in [2.75, 3.05) is 50.6 Å². The molecule has 0 radical (unpaired) electrons. The van der Waals surface area contributed by atoms with Crippen molar-refractivity contribution in [3.05, 3.63) is 54.6 Å². The Labute approximate surface area is 204 Å². The summed E-state index contributed by atoms with van der Waals surface area (Å²) in [6, 6.07) is 15.5. The van der Waals surface area contributed by atoms with Crippen LogP contribution in [0, 0.1) is 0 Å². The zero-order valence-corrected chi connectivity index (χ0v) is 20.6. The summed E-state index contributed by atoms with van der Waals surface area (Å²) >= 11 is 0. The first-order chi connectivity index (χ1) is 16.8. The van der Waals surface area contributed by atoms with Gasteiger partial charge < -0.3 is 19.7 Å². The van der Waals surface area contributed by atoms with Crippen LogP contribution in [0.2, 0.25) is 0 Å². The van der Waals surface area contributed by atoms with Crippen LogP contribution in [0.25, 0.3) is 11.3 Å². The Kier molecular flexibility index (Phi) is 7.17. The number of carbonyl (C=O) groups excluding carboxylic acids is 1. The zero-order valence-electron chi connectivity index (χ0n) is 19.8. The van der Waals surface area contributed by atoms with Crippen molar-refractivity contribution in [1.82, 2.24) is 14.5 Å². The summed E-state index contributed by atoms with van der Waals surface area (Å²) in [4.78, 5) is 13.4. The Morgan fingerprint density at radius 2 is 1.57 bits per heavy atom. The Morgan fingerprint density at radius 3 is 2.14 bits per heavy atom. The highest BCUT2D eigenvalue weighted by Crippen LogP contribution is 2.31. The first-order valence-corrected chi connectivity index (χ1v) is 12.4. The number of sulfonamides is 1. The van der Waals surface area contributed by atoms with Crippen molar-refractivity contribution in [3.8, 4) is 22.8 Å². The van der Waals surface area contributed by atoms with Gasteiger partial charge in [-0.1, -0.05) is 0 Å². The average molecular weight is 498 g/mol. The predicted octanol–water partition coefficient (Wildman–Crippen LogP) is 2.63. The summed E-state index contributed by atoms with van der Waals surface area (Å²) in [7, 11) is -0.467. The second-order valence-electron chi connectivity index (χ2n) is 7.94. The maximum Gasteiger partial charge on any atom is 0.243 e. The number of rotatable bonds is 7. The number of anilines is 2. The molecule has 0 spiro atoms. The monoisotopic (exact) mass is 497 g/mol. The van der Waals surface area contributed by atoms with Gasteiger partial charge in [0.2, 0.25) is 15.9 Å². The lowest BCUT2D eigenvalue weighted by atomic mass is 10.1. The van der Waals surface area contributed by atoms with E-state index in [2.05, 4.69) is 15.5 Å². The van der Waals surface area contributed by atoms with Crippen LogP contribution in [0.4, 0.5) is 11.5 Å². The predicted molar refractivity (Wildman–Crippen MR) is 132 cm³/mol. The van der Waals surface area contributed by atoms with E-state index in [0.717, 1.165) is 5.56 Å². The lowest BCUT2D eigenvalue weighted by molar-refractivity contribution is -0.114. The highest BCUT2D eigenvalue weighted by Gasteiger charge is 2.29. The summed E-state index contributed by atoms with van der Waals surface area (Å²) in [6.07, 6.45) is 0. The third-order valence-corrected chi connectivity index (χ3v) is 7.62. The number of hydrogen-bond donors (Lipinski definition) is 1. The van der Waals surface area contributed by atoms with Gasteiger partial charge in [0.15, 0.2) is 17.3 Å². The smallest absolute Gasteiger partial charge is 0.243 e. The van der Waals surface area contributed by atoms with E-state index in [1.807, 2.05) is 35.2 Å². The zero-order chi connectivity index (χ0) is 25.0. The summed E-state index contributed by atoms with van der Waals surface area (Å²) in [5.41, 5.74) is 2.09. The Balaban J connectivity index is 1.41. The number of nitrogens with zero attached hydrogens (tertiary/aromatic N) is 4. The Bertz CT molecular complexity index is 1290. The van der Waals surface area contributed by atoms with Crippen molar-refractivity contribution in [3.63, 3.8) is 0 Å². The van der Waals surface area contributed by atoms with Crippen LogP contribution in [0.1, 0.15) is 6.92 Å². The molecule has 0 unspecified atom stereocenters. The molecular formula is C24H27N5O5S. The number of methoxy groups -OCH3 is 2. The van der Waals surface area contributed by atoms with Crippen LogP contribution in [0.5, 0.6) is 11.5 Å². The number of piperazine rings is 1. The quantitative estimate of drug-likeness (QED) is 0.530. The molecule has 1 aliphatic heterocycles. The van der Waals surface area contributed by atoms with E-state index in [1.54, 1.807) is 26.4 Å². The number of benzene rings is 2. The minimum absolute atomic E-state index is 0.194. The van der Waals surface area contributed by atoms with Crippen LogP contribution in [0.3, 0.4) is 0 Å².